The smallest absolute Gasteiger partial charge is 0.387 e. The summed E-state index contributed by atoms with van der Waals surface area (Å²) in [6.45, 7) is -0.731. The van der Waals surface area contributed by atoms with E-state index in [0.29, 0.717) is 28.3 Å². The summed E-state index contributed by atoms with van der Waals surface area (Å²) >= 11 is 1.17. The van der Waals surface area contributed by atoms with Gasteiger partial charge < -0.3 is 9.64 Å². The van der Waals surface area contributed by atoms with Crippen molar-refractivity contribution in [2.75, 3.05) is 7.05 Å². The number of ether oxygens (including phenoxy) is 1. The van der Waals surface area contributed by atoms with E-state index in [1.165, 1.54) is 40.6 Å². The van der Waals surface area contributed by atoms with Gasteiger partial charge in [-0.15, -0.1) is 0 Å². The Morgan fingerprint density at radius 2 is 1.69 bits per heavy atom. The van der Waals surface area contributed by atoms with Gasteiger partial charge >= 0.3 is 6.61 Å². The van der Waals surface area contributed by atoms with Crippen LogP contribution in [0.4, 0.5) is 8.78 Å². The lowest BCUT2D eigenvalue weighted by molar-refractivity contribution is -0.129. The zero-order chi connectivity index (χ0) is 24.9. The molecule has 180 valence electrons. The molecule has 0 spiro atoms. The lowest BCUT2D eigenvalue weighted by atomic mass is 10.2. The van der Waals surface area contributed by atoms with E-state index in [-0.39, 0.29) is 17.2 Å². The van der Waals surface area contributed by atoms with Crippen LogP contribution in [0.15, 0.2) is 88.8 Å². The number of aromatic nitrogens is 2. The lowest BCUT2D eigenvalue weighted by Crippen LogP contribution is -2.33. The Hall–Kier alpha value is -3.72. The Bertz CT molecular complexity index is 1380. The average Bonchev–Trinajstić information content (AvgIpc) is 2.85. The van der Waals surface area contributed by atoms with Crippen LogP contribution in [0.1, 0.15) is 12.5 Å². The minimum atomic E-state index is -2.95. The van der Waals surface area contributed by atoms with Crippen LogP contribution in [0.5, 0.6) is 5.75 Å². The largest absolute Gasteiger partial charge is 0.435 e. The quantitative estimate of drug-likeness (QED) is 0.251. The second-order valence-corrected chi connectivity index (χ2v) is 9.17. The molecular weight excluding hydrogens is 472 g/mol. The zero-order valence-electron chi connectivity index (χ0n) is 19.1. The number of hydrogen-bond donors (Lipinski definition) is 0. The van der Waals surface area contributed by atoms with E-state index in [4.69, 9.17) is 0 Å². The fourth-order valence-electron chi connectivity index (χ4n) is 3.65. The number of halogens is 2. The molecule has 1 aromatic heterocycles. The SMILES string of the molecule is CC(Sc1nc2ccccc2c(=O)n1-c1ccc(OC(F)F)cc1)C(=O)N(C)Cc1ccccc1. The third-order valence-electron chi connectivity index (χ3n) is 5.33. The van der Waals surface area contributed by atoms with Crippen LogP contribution in [-0.4, -0.2) is 39.3 Å². The monoisotopic (exact) mass is 495 g/mol. The molecule has 6 nitrogen and oxygen atoms in total. The van der Waals surface area contributed by atoms with Crippen molar-refractivity contribution in [2.24, 2.45) is 0 Å². The van der Waals surface area contributed by atoms with E-state index in [1.807, 2.05) is 30.3 Å². The van der Waals surface area contributed by atoms with Gasteiger partial charge in [-0.1, -0.05) is 54.2 Å². The third-order valence-corrected chi connectivity index (χ3v) is 6.37. The fraction of sp³-hybridized carbons (Fsp3) is 0.192. The summed E-state index contributed by atoms with van der Waals surface area (Å²) in [5, 5.41) is 0.194. The van der Waals surface area contributed by atoms with Crippen LogP contribution in [0.3, 0.4) is 0 Å². The van der Waals surface area contributed by atoms with Crippen molar-refractivity contribution in [1.82, 2.24) is 14.5 Å². The summed E-state index contributed by atoms with van der Waals surface area (Å²) in [4.78, 5) is 32.8. The van der Waals surface area contributed by atoms with Gasteiger partial charge in [0.1, 0.15) is 5.75 Å². The van der Waals surface area contributed by atoms with Gasteiger partial charge in [0.2, 0.25) is 5.91 Å². The van der Waals surface area contributed by atoms with Crippen LogP contribution in [0.2, 0.25) is 0 Å². The van der Waals surface area contributed by atoms with Gasteiger partial charge in [0, 0.05) is 13.6 Å². The number of benzene rings is 3. The third kappa shape index (κ3) is 5.68. The first-order valence-corrected chi connectivity index (χ1v) is 11.7. The van der Waals surface area contributed by atoms with Crippen molar-refractivity contribution < 1.29 is 18.3 Å². The maximum atomic E-state index is 13.4. The predicted octanol–water partition coefficient (Wildman–Crippen LogP) is 5.13. The van der Waals surface area contributed by atoms with Crippen LogP contribution in [0, 0.1) is 0 Å². The van der Waals surface area contributed by atoms with Crippen molar-refractivity contribution in [1.29, 1.82) is 0 Å². The molecule has 4 aromatic rings. The molecule has 1 atom stereocenters. The number of fused-ring (bicyclic) bond motifs is 1. The van der Waals surface area contributed by atoms with Crippen LogP contribution in [0.25, 0.3) is 16.6 Å². The van der Waals surface area contributed by atoms with Crippen molar-refractivity contribution in [3.05, 3.63) is 94.8 Å². The van der Waals surface area contributed by atoms with Crippen molar-refractivity contribution >= 4 is 28.6 Å². The normalized spacial score (nSPS) is 12.0. The number of thioether (sulfide) groups is 1. The first-order valence-electron chi connectivity index (χ1n) is 10.9. The van der Waals surface area contributed by atoms with Crippen molar-refractivity contribution in [2.45, 2.75) is 30.5 Å². The molecule has 4 rings (SSSR count). The second kappa shape index (κ2) is 10.7. The van der Waals surface area contributed by atoms with Gasteiger partial charge in [0.25, 0.3) is 5.56 Å². The van der Waals surface area contributed by atoms with E-state index in [9.17, 15) is 18.4 Å². The molecule has 0 saturated heterocycles. The second-order valence-electron chi connectivity index (χ2n) is 7.86. The highest BCUT2D eigenvalue weighted by Gasteiger charge is 2.23. The minimum absolute atomic E-state index is 0.0224. The Kier molecular flexibility index (Phi) is 7.45. The summed E-state index contributed by atoms with van der Waals surface area (Å²) < 4.78 is 30.9. The van der Waals surface area contributed by atoms with Crippen LogP contribution in [-0.2, 0) is 11.3 Å². The Labute approximate surface area is 205 Å². The Balaban J connectivity index is 1.67. The maximum absolute atomic E-state index is 13.4. The van der Waals surface area contributed by atoms with Gasteiger partial charge in [0.05, 0.1) is 21.8 Å². The predicted molar refractivity (Wildman–Crippen MR) is 132 cm³/mol. The molecular formula is C26H23F2N3O3S. The summed E-state index contributed by atoms with van der Waals surface area (Å²) in [6, 6.07) is 22.3. The maximum Gasteiger partial charge on any atom is 0.387 e. The van der Waals surface area contributed by atoms with Crippen molar-refractivity contribution in [3.8, 4) is 11.4 Å². The van der Waals surface area contributed by atoms with Gasteiger partial charge in [-0.3, -0.25) is 14.2 Å². The molecule has 0 fully saturated rings. The number of carbonyl (C=O) groups is 1. The summed E-state index contributed by atoms with van der Waals surface area (Å²) in [7, 11) is 1.73. The standard InChI is InChI=1S/C26H23F2N3O3S/c1-17(23(32)30(2)16-18-8-4-3-5-9-18)35-26-29-22-11-7-6-10-21(22)24(33)31(26)19-12-14-20(15-13-19)34-25(27)28/h3-15,17,25H,16H2,1-2H3. The van der Waals surface area contributed by atoms with Crippen LogP contribution < -0.4 is 10.3 Å². The zero-order valence-corrected chi connectivity index (χ0v) is 19.9. The summed E-state index contributed by atoms with van der Waals surface area (Å²) in [6.07, 6.45) is 0. The number of rotatable bonds is 8. The molecule has 0 bridgehead atoms. The Morgan fingerprint density at radius 3 is 2.37 bits per heavy atom. The number of alkyl halides is 2. The number of hydrogen-bond acceptors (Lipinski definition) is 5. The first-order chi connectivity index (χ1) is 16.8. The van der Waals surface area contributed by atoms with E-state index in [2.05, 4.69) is 9.72 Å². The highest BCUT2D eigenvalue weighted by atomic mass is 32.2. The fourth-order valence-corrected chi connectivity index (χ4v) is 4.69. The summed E-state index contributed by atoms with van der Waals surface area (Å²) in [5.41, 5.74) is 1.62. The van der Waals surface area contributed by atoms with Crippen LogP contribution >= 0.6 is 11.8 Å². The van der Waals surface area contributed by atoms with E-state index in [0.717, 1.165) is 5.56 Å². The molecule has 35 heavy (non-hydrogen) atoms. The molecule has 0 N–H and O–H groups in total. The molecule has 1 amide bonds. The van der Waals surface area contributed by atoms with Crippen molar-refractivity contribution in [3.63, 3.8) is 0 Å². The lowest BCUT2D eigenvalue weighted by Gasteiger charge is -2.22. The molecule has 3 aromatic carbocycles. The van der Waals surface area contributed by atoms with Gasteiger partial charge in [-0.25, -0.2) is 4.98 Å². The molecule has 1 unspecified atom stereocenters. The molecule has 0 saturated carbocycles. The van der Waals surface area contributed by atoms with Gasteiger partial charge in [0.15, 0.2) is 5.16 Å². The highest BCUT2D eigenvalue weighted by Crippen LogP contribution is 2.27. The van der Waals surface area contributed by atoms with Gasteiger partial charge in [-0.05, 0) is 48.9 Å². The number of para-hydroxylation sites is 1. The average molecular weight is 496 g/mol. The molecule has 0 aliphatic rings. The minimum Gasteiger partial charge on any atom is -0.435 e. The number of carbonyl (C=O) groups excluding carboxylic acids is 1. The summed E-state index contributed by atoms with van der Waals surface area (Å²) in [5.74, 6) is -0.140. The molecule has 0 aliphatic heterocycles. The Morgan fingerprint density at radius 1 is 1.03 bits per heavy atom. The first kappa shape index (κ1) is 24.4. The molecule has 1 heterocycles. The number of nitrogens with zero attached hydrogens (tertiary/aromatic N) is 3. The topological polar surface area (TPSA) is 64.4 Å². The molecule has 0 radical (unpaired) electrons. The molecule has 0 aliphatic carbocycles. The van der Waals surface area contributed by atoms with E-state index < -0.39 is 11.9 Å². The number of amides is 1. The highest BCUT2D eigenvalue weighted by molar-refractivity contribution is 8.00. The van der Waals surface area contributed by atoms with E-state index >= 15 is 0 Å². The van der Waals surface area contributed by atoms with Gasteiger partial charge in [-0.2, -0.15) is 8.78 Å². The molecule has 9 heteroatoms. The van der Waals surface area contributed by atoms with E-state index in [1.54, 1.807) is 43.1 Å².